The third kappa shape index (κ3) is 3.85. The average molecular weight is 282 g/mol. The number of hydrogen-bond donors (Lipinski definition) is 2. The molecular formula is C14H20ClN3O. The van der Waals surface area contributed by atoms with Crippen LogP contribution in [0, 0.1) is 0 Å². The van der Waals surface area contributed by atoms with Gasteiger partial charge in [-0.05, 0) is 51.0 Å². The summed E-state index contributed by atoms with van der Waals surface area (Å²) in [5, 5.41) is 3.22. The molecule has 0 unspecified atom stereocenters. The van der Waals surface area contributed by atoms with Gasteiger partial charge in [0.15, 0.2) is 0 Å². The summed E-state index contributed by atoms with van der Waals surface area (Å²) in [5.74, 6) is -0.154. The van der Waals surface area contributed by atoms with Crippen LogP contribution in [0.25, 0.3) is 0 Å². The van der Waals surface area contributed by atoms with Crippen LogP contribution in [0.5, 0.6) is 0 Å². The maximum atomic E-state index is 11.9. The van der Waals surface area contributed by atoms with E-state index in [1.807, 2.05) is 0 Å². The minimum Gasteiger partial charge on any atom is -0.398 e. The van der Waals surface area contributed by atoms with E-state index in [2.05, 4.69) is 10.2 Å². The quantitative estimate of drug-likeness (QED) is 0.642. The Kier molecular flexibility index (Phi) is 5.05. The second-order valence-corrected chi connectivity index (χ2v) is 5.24. The fourth-order valence-corrected chi connectivity index (χ4v) is 2.54. The van der Waals surface area contributed by atoms with Crippen molar-refractivity contribution >= 4 is 23.2 Å². The standard InChI is InChI=1S/C14H20ClN3O/c15-13-11(5-3-6-12(13)16)14(19)17-7-4-10-18-8-1-2-9-18/h3,5-6H,1-2,4,7-10,16H2,(H,17,19). The van der Waals surface area contributed by atoms with Crippen molar-refractivity contribution in [2.24, 2.45) is 0 Å². The number of benzene rings is 1. The molecule has 1 amide bonds. The summed E-state index contributed by atoms with van der Waals surface area (Å²) in [7, 11) is 0. The molecule has 0 radical (unpaired) electrons. The molecule has 1 aromatic rings. The SMILES string of the molecule is Nc1cccc(C(=O)NCCCN2CCCC2)c1Cl. The molecule has 1 saturated heterocycles. The summed E-state index contributed by atoms with van der Waals surface area (Å²) in [6.07, 6.45) is 3.56. The zero-order valence-electron chi connectivity index (χ0n) is 11.0. The van der Waals surface area contributed by atoms with Gasteiger partial charge in [-0.2, -0.15) is 0 Å². The van der Waals surface area contributed by atoms with Gasteiger partial charge in [0.25, 0.3) is 5.91 Å². The number of nitrogens with one attached hydrogen (secondary N) is 1. The predicted octanol–water partition coefficient (Wildman–Crippen LogP) is 2.14. The molecule has 19 heavy (non-hydrogen) atoms. The largest absolute Gasteiger partial charge is 0.398 e. The van der Waals surface area contributed by atoms with Crippen molar-refractivity contribution in [1.29, 1.82) is 0 Å². The summed E-state index contributed by atoms with van der Waals surface area (Å²) in [6.45, 7) is 4.09. The molecule has 0 saturated carbocycles. The Bertz CT molecular complexity index is 444. The topological polar surface area (TPSA) is 58.4 Å². The predicted molar refractivity (Wildman–Crippen MR) is 78.5 cm³/mol. The summed E-state index contributed by atoms with van der Waals surface area (Å²) in [4.78, 5) is 14.4. The van der Waals surface area contributed by atoms with Crippen molar-refractivity contribution in [3.8, 4) is 0 Å². The highest BCUT2D eigenvalue weighted by Gasteiger charge is 2.13. The monoisotopic (exact) mass is 281 g/mol. The molecule has 0 atom stereocenters. The number of likely N-dealkylation sites (tertiary alicyclic amines) is 1. The number of hydrogen-bond acceptors (Lipinski definition) is 3. The van der Waals surface area contributed by atoms with Crippen LogP contribution in [0.1, 0.15) is 29.6 Å². The normalized spacial score (nSPS) is 15.6. The van der Waals surface area contributed by atoms with Crippen molar-refractivity contribution in [1.82, 2.24) is 10.2 Å². The van der Waals surface area contributed by atoms with Gasteiger partial charge < -0.3 is 16.0 Å². The van der Waals surface area contributed by atoms with Gasteiger partial charge in [0.1, 0.15) is 0 Å². The van der Waals surface area contributed by atoms with Gasteiger partial charge in [-0.15, -0.1) is 0 Å². The van der Waals surface area contributed by atoms with Gasteiger partial charge >= 0.3 is 0 Å². The Balaban J connectivity index is 1.76. The minimum atomic E-state index is -0.154. The number of nitrogen functional groups attached to an aromatic ring is 1. The summed E-state index contributed by atoms with van der Waals surface area (Å²) in [5.41, 5.74) is 6.56. The molecular weight excluding hydrogens is 262 g/mol. The van der Waals surface area contributed by atoms with Crippen molar-refractivity contribution in [2.75, 3.05) is 31.9 Å². The first kappa shape index (κ1) is 14.2. The Morgan fingerprint density at radius 1 is 1.37 bits per heavy atom. The van der Waals surface area contributed by atoms with Crippen LogP contribution in [0.4, 0.5) is 5.69 Å². The minimum absolute atomic E-state index is 0.154. The molecule has 1 heterocycles. The molecule has 1 aromatic carbocycles. The Labute approximate surface area is 118 Å². The smallest absolute Gasteiger partial charge is 0.252 e. The number of nitrogens with two attached hydrogens (primary N) is 1. The molecule has 1 aliphatic rings. The lowest BCUT2D eigenvalue weighted by Gasteiger charge is -2.14. The molecule has 2 rings (SSSR count). The van der Waals surface area contributed by atoms with E-state index in [-0.39, 0.29) is 5.91 Å². The molecule has 1 aliphatic heterocycles. The van der Waals surface area contributed by atoms with Gasteiger partial charge in [-0.1, -0.05) is 17.7 Å². The molecule has 3 N–H and O–H groups in total. The van der Waals surface area contributed by atoms with E-state index in [1.54, 1.807) is 18.2 Å². The number of anilines is 1. The molecule has 0 aliphatic carbocycles. The van der Waals surface area contributed by atoms with Crippen molar-refractivity contribution in [3.63, 3.8) is 0 Å². The summed E-state index contributed by atoms with van der Waals surface area (Å²) >= 11 is 6.01. The van der Waals surface area contributed by atoms with Crippen molar-refractivity contribution < 1.29 is 4.79 Å². The van der Waals surface area contributed by atoms with E-state index in [1.165, 1.54) is 25.9 Å². The van der Waals surface area contributed by atoms with E-state index in [9.17, 15) is 4.79 Å². The van der Waals surface area contributed by atoms with Gasteiger partial charge in [0, 0.05) is 6.54 Å². The first-order valence-electron chi connectivity index (χ1n) is 6.73. The maximum absolute atomic E-state index is 11.9. The number of carbonyl (C=O) groups is 1. The number of halogens is 1. The lowest BCUT2D eigenvalue weighted by molar-refractivity contribution is 0.0952. The lowest BCUT2D eigenvalue weighted by Crippen LogP contribution is -2.28. The second-order valence-electron chi connectivity index (χ2n) is 4.87. The summed E-state index contributed by atoms with van der Waals surface area (Å²) < 4.78 is 0. The first-order valence-corrected chi connectivity index (χ1v) is 7.11. The van der Waals surface area contributed by atoms with Crippen LogP contribution >= 0.6 is 11.6 Å². The third-order valence-corrected chi connectivity index (χ3v) is 3.83. The average Bonchev–Trinajstić information content (AvgIpc) is 2.91. The van der Waals surface area contributed by atoms with E-state index in [4.69, 9.17) is 17.3 Å². The fourth-order valence-electron chi connectivity index (χ4n) is 2.33. The van der Waals surface area contributed by atoms with E-state index >= 15 is 0 Å². The molecule has 0 spiro atoms. The number of nitrogens with zero attached hydrogens (tertiary/aromatic N) is 1. The van der Waals surface area contributed by atoms with Crippen molar-refractivity contribution in [3.05, 3.63) is 28.8 Å². The number of carbonyl (C=O) groups excluding carboxylic acids is 1. The Hall–Kier alpha value is -1.26. The van der Waals surface area contributed by atoms with Crippen LogP contribution in [0.2, 0.25) is 5.02 Å². The van der Waals surface area contributed by atoms with Crippen LogP contribution in [0.15, 0.2) is 18.2 Å². The fraction of sp³-hybridized carbons (Fsp3) is 0.500. The maximum Gasteiger partial charge on any atom is 0.252 e. The van der Waals surface area contributed by atoms with Crippen molar-refractivity contribution in [2.45, 2.75) is 19.3 Å². The molecule has 104 valence electrons. The highest BCUT2D eigenvalue weighted by molar-refractivity contribution is 6.36. The van der Waals surface area contributed by atoms with Crippen LogP contribution in [-0.2, 0) is 0 Å². The van der Waals surface area contributed by atoms with Crippen LogP contribution in [-0.4, -0.2) is 37.0 Å². The first-order chi connectivity index (χ1) is 9.18. The zero-order chi connectivity index (χ0) is 13.7. The molecule has 0 bridgehead atoms. The van der Waals surface area contributed by atoms with E-state index in [0.717, 1.165) is 13.0 Å². The lowest BCUT2D eigenvalue weighted by atomic mass is 10.2. The molecule has 4 nitrogen and oxygen atoms in total. The van der Waals surface area contributed by atoms with Crippen LogP contribution < -0.4 is 11.1 Å². The van der Waals surface area contributed by atoms with E-state index in [0.29, 0.717) is 22.8 Å². The van der Waals surface area contributed by atoms with E-state index < -0.39 is 0 Å². The molecule has 0 aromatic heterocycles. The van der Waals surface area contributed by atoms with Gasteiger partial charge in [0.2, 0.25) is 0 Å². The van der Waals surface area contributed by atoms with Gasteiger partial charge in [-0.3, -0.25) is 4.79 Å². The highest BCUT2D eigenvalue weighted by atomic mass is 35.5. The Morgan fingerprint density at radius 2 is 2.11 bits per heavy atom. The Morgan fingerprint density at radius 3 is 2.84 bits per heavy atom. The molecule has 1 fully saturated rings. The number of amides is 1. The number of rotatable bonds is 5. The third-order valence-electron chi connectivity index (χ3n) is 3.41. The van der Waals surface area contributed by atoms with Gasteiger partial charge in [-0.25, -0.2) is 0 Å². The van der Waals surface area contributed by atoms with Crippen LogP contribution in [0.3, 0.4) is 0 Å². The van der Waals surface area contributed by atoms with Gasteiger partial charge in [0.05, 0.1) is 16.3 Å². The zero-order valence-corrected chi connectivity index (χ0v) is 11.7. The molecule has 5 heteroatoms. The summed E-state index contributed by atoms with van der Waals surface area (Å²) in [6, 6.07) is 5.11. The second kappa shape index (κ2) is 6.78. The highest BCUT2D eigenvalue weighted by Crippen LogP contribution is 2.22.